The molecule has 0 amide bonds. The summed E-state index contributed by atoms with van der Waals surface area (Å²) in [6.45, 7) is 4.23. The van der Waals surface area contributed by atoms with Crippen LogP contribution in [0.4, 0.5) is 0 Å². The Morgan fingerprint density at radius 1 is 0.963 bits per heavy atom. The summed E-state index contributed by atoms with van der Waals surface area (Å²) in [6, 6.07) is 19.6. The molecule has 0 radical (unpaired) electrons. The third-order valence-corrected chi connectivity index (χ3v) is 5.32. The summed E-state index contributed by atoms with van der Waals surface area (Å²) in [5.74, 6) is 2.57. The van der Waals surface area contributed by atoms with E-state index < -0.39 is 0 Å². The highest BCUT2D eigenvalue weighted by Crippen LogP contribution is 2.36. The molecule has 0 N–H and O–H groups in total. The number of hydrogen-bond acceptors (Lipinski definition) is 1. The normalized spacial score (nSPS) is 11.9. The van der Waals surface area contributed by atoms with Crippen LogP contribution >= 0.6 is 0 Å². The molecule has 0 unspecified atom stereocenters. The highest BCUT2D eigenvalue weighted by Gasteiger charge is 2.16. The Bertz CT molecular complexity index is 1440. The minimum atomic E-state index is 0.913. The number of nitrogens with zero attached hydrogens (tertiary/aromatic N) is 2. The van der Waals surface area contributed by atoms with Crippen molar-refractivity contribution >= 4 is 44.2 Å². The van der Waals surface area contributed by atoms with Gasteiger partial charge >= 0.3 is 0 Å². The quantitative estimate of drug-likeness (QED) is 0.266. The van der Waals surface area contributed by atoms with Crippen molar-refractivity contribution < 1.29 is 0 Å². The molecule has 0 aliphatic rings. The van der Waals surface area contributed by atoms with Gasteiger partial charge in [-0.1, -0.05) is 48.4 Å². The van der Waals surface area contributed by atoms with Gasteiger partial charge in [-0.15, -0.1) is 6.42 Å². The number of benzene rings is 3. The average molecular weight is 346 g/mol. The largest absolute Gasteiger partial charge is 0.296 e. The first-order valence-corrected chi connectivity index (χ1v) is 9.04. The molecule has 0 fully saturated rings. The Morgan fingerprint density at radius 3 is 2.63 bits per heavy atom. The number of rotatable bonds is 1. The average Bonchev–Trinajstić information content (AvgIpc) is 3.02. The minimum Gasteiger partial charge on any atom is -0.296 e. The van der Waals surface area contributed by atoms with Gasteiger partial charge in [-0.05, 0) is 54.5 Å². The Hall–Kier alpha value is -3.57. The maximum absolute atomic E-state index is 5.41. The third kappa shape index (κ3) is 2.19. The zero-order valence-electron chi connectivity index (χ0n) is 15.3. The van der Waals surface area contributed by atoms with E-state index in [2.05, 4.69) is 78.8 Å². The van der Waals surface area contributed by atoms with Crippen LogP contribution in [0.3, 0.4) is 0 Å². The predicted molar refractivity (Wildman–Crippen MR) is 115 cm³/mol. The third-order valence-electron chi connectivity index (χ3n) is 5.32. The van der Waals surface area contributed by atoms with Gasteiger partial charge in [0.25, 0.3) is 0 Å². The van der Waals surface area contributed by atoms with Crippen molar-refractivity contribution in [1.29, 1.82) is 0 Å². The first-order valence-electron chi connectivity index (χ1n) is 9.04. The van der Waals surface area contributed by atoms with E-state index in [1.807, 2.05) is 6.08 Å². The van der Waals surface area contributed by atoms with E-state index in [9.17, 15) is 0 Å². The molecule has 2 nitrogen and oxygen atoms in total. The number of pyridine rings is 1. The van der Waals surface area contributed by atoms with Gasteiger partial charge in [0.2, 0.25) is 0 Å². The zero-order chi connectivity index (χ0) is 18.5. The molecule has 128 valence electrons. The standard InChI is InChI=1S/C25H18N2/c1-4-5-10-22-17(3)27-23-15-16(2)11-13-20(23)24-19-9-7-6-8-18(19)12-14-21(24)25(27)26-22/h1,5-15H,2-3H3/b10-5-. The summed E-state index contributed by atoms with van der Waals surface area (Å²) < 4.78 is 2.26. The lowest BCUT2D eigenvalue weighted by Gasteiger charge is -2.12. The lowest BCUT2D eigenvalue weighted by atomic mass is 9.98. The Balaban J connectivity index is 2.12. The summed E-state index contributed by atoms with van der Waals surface area (Å²) in [5, 5.41) is 6.16. The van der Waals surface area contributed by atoms with Crippen LogP contribution < -0.4 is 0 Å². The van der Waals surface area contributed by atoms with Crippen LogP contribution in [0.15, 0.2) is 60.7 Å². The highest BCUT2D eigenvalue weighted by atomic mass is 15.0. The van der Waals surface area contributed by atoms with Crippen LogP contribution in [0.2, 0.25) is 0 Å². The number of hydrogen-bond donors (Lipinski definition) is 0. The predicted octanol–water partition coefficient (Wildman–Crippen LogP) is 6.06. The summed E-state index contributed by atoms with van der Waals surface area (Å²) >= 11 is 0. The molecule has 5 aromatic rings. The molecule has 0 atom stereocenters. The number of aromatic nitrogens is 2. The maximum Gasteiger partial charge on any atom is 0.146 e. The van der Waals surface area contributed by atoms with Crippen molar-refractivity contribution in [3.63, 3.8) is 0 Å². The molecule has 2 heteroatoms. The molecule has 0 bridgehead atoms. The van der Waals surface area contributed by atoms with Crippen molar-refractivity contribution in [2.75, 3.05) is 0 Å². The second-order valence-corrected chi connectivity index (χ2v) is 6.97. The van der Waals surface area contributed by atoms with Gasteiger partial charge in [0.15, 0.2) is 0 Å². The molecular formula is C25H18N2. The number of fused-ring (bicyclic) bond motifs is 8. The van der Waals surface area contributed by atoms with Gasteiger partial charge in [0, 0.05) is 21.9 Å². The van der Waals surface area contributed by atoms with Crippen molar-refractivity contribution in [3.05, 3.63) is 77.6 Å². The van der Waals surface area contributed by atoms with Crippen molar-refractivity contribution in [2.24, 2.45) is 0 Å². The van der Waals surface area contributed by atoms with E-state index in [-0.39, 0.29) is 0 Å². The molecule has 0 spiro atoms. The van der Waals surface area contributed by atoms with E-state index in [0.717, 1.165) is 22.4 Å². The van der Waals surface area contributed by atoms with E-state index in [1.54, 1.807) is 6.08 Å². The lowest BCUT2D eigenvalue weighted by molar-refractivity contribution is 1.17. The molecule has 0 aliphatic carbocycles. The molecule has 3 aromatic carbocycles. The van der Waals surface area contributed by atoms with E-state index in [0.29, 0.717) is 0 Å². The van der Waals surface area contributed by atoms with Crippen LogP contribution in [-0.2, 0) is 0 Å². The Kier molecular flexibility index (Phi) is 3.32. The molecule has 2 aromatic heterocycles. The van der Waals surface area contributed by atoms with Crippen LogP contribution in [0.1, 0.15) is 17.0 Å². The smallest absolute Gasteiger partial charge is 0.146 e. The van der Waals surface area contributed by atoms with Gasteiger partial charge in [0.05, 0.1) is 11.2 Å². The second kappa shape index (κ2) is 5.72. The first kappa shape index (κ1) is 15.7. The summed E-state index contributed by atoms with van der Waals surface area (Å²) in [7, 11) is 0. The Morgan fingerprint density at radius 2 is 1.78 bits per heavy atom. The maximum atomic E-state index is 5.41. The fourth-order valence-corrected chi connectivity index (χ4v) is 4.06. The second-order valence-electron chi connectivity index (χ2n) is 6.97. The van der Waals surface area contributed by atoms with Crippen LogP contribution in [0.25, 0.3) is 44.2 Å². The summed E-state index contributed by atoms with van der Waals surface area (Å²) in [6.07, 6.45) is 9.03. The van der Waals surface area contributed by atoms with Gasteiger partial charge in [0.1, 0.15) is 5.65 Å². The molecule has 0 saturated heterocycles. The van der Waals surface area contributed by atoms with Crippen LogP contribution in [-0.4, -0.2) is 9.38 Å². The topological polar surface area (TPSA) is 17.3 Å². The van der Waals surface area contributed by atoms with Crippen LogP contribution in [0, 0.1) is 26.2 Å². The number of terminal acetylenes is 1. The summed E-state index contributed by atoms with van der Waals surface area (Å²) in [5.41, 5.74) is 5.40. The van der Waals surface area contributed by atoms with Gasteiger partial charge in [-0.2, -0.15) is 0 Å². The minimum absolute atomic E-state index is 0.913. The zero-order valence-corrected chi connectivity index (χ0v) is 15.3. The van der Waals surface area contributed by atoms with E-state index >= 15 is 0 Å². The highest BCUT2D eigenvalue weighted by molar-refractivity contribution is 6.23. The number of aryl methyl sites for hydroxylation is 2. The SMILES string of the molecule is C#C/C=C\c1nc2c3ccc4ccccc4c3c3ccc(C)cc3n2c1C. The lowest BCUT2D eigenvalue weighted by Crippen LogP contribution is -1.94. The first-order chi connectivity index (χ1) is 13.2. The van der Waals surface area contributed by atoms with Crippen molar-refractivity contribution in [2.45, 2.75) is 13.8 Å². The van der Waals surface area contributed by atoms with Crippen molar-refractivity contribution in [1.82, 2.24) is 9.38 Å². The molecule has 5 rings (SSSR count). The Labute approximate surface area is 157 Å². The number of allylic oxidation sites excluding steroid dienone is 1. The van der Waals surface area contributed by atoms with E-state index in [4.69, 9.17) is 11.4 Å². The van der Waals surface area contributed by atoms with Crippen molar-refractivity contribution in [3.8, 4) is 12.3 Å². The summed E-state index contributed by atoms with van der Waals surface area (Å²) in [4.78, 5) is 4.95. The number of imidazole rings is 1. The fraction of sp³-hybridized carbons (Fsp3) is 0.0800. The molecular weight excluding hydrogens is 328 g/mol. The molecule has 0 aliphatic heterocycles. The van der Waals surface area contributed by atoms with Gasteiger partial charge in [-0.25, -0.2) is 4.98 Å². The molecule has 27 heavy (non-hydrogen) atoms. The molecule has 0 saturated carbocycles. The molecule has 2 heterocycles. The van der Waals surface area contributed by atoms with Crippen LogP contribution in [0.5, 0.6) is 0 Å². The fourth-order valence-electron chi connectivity index (χ4n) is 4.06. The van der Waals surface area contributed by atoms with Gasteiger partial charge in [-0.3, -0.25) is 4.40 Å². The van der Waals surface area contributed by atoms with E-state index in [1.165, 1.54) is 32.6 Å². The van der Waals surface area contributed by atoms with Gasteiger partial charge < -0.3 is 0 Å². The monoisotopic (exact) mass is 346 g/mol.